The fourth-order valence-corrected chi connectivity index (χ4v) is 3.75. The van der Waals surface area contributed by atoms with E-state index >= 15 is 0 Å². The van der Waals surface area contributed by atoms with Crippen LogP contribution in [0.1, 0.15) is 18.5 Å². The third kappa shape index (κ3) is 3.43. The molecular weight excluding hydrogens is 413 g/mol. The maximum Gasteiger partial charge on any atom is 0.255 e. The molecule has 0 fully saturated rings. The smallest absolute Gasteiger partial charge is 0.255 e. The number of fused-ring (bicyclic) bond motifs is 1. The Bertz CT molecular complexity index is 1130. The van der Waals surface area contributed by atoms with E-state index in [1.165, 1.54) is 6.33 Å². The Hall–Kier alpha value is -3.03. The van der Waals surface area contributed by atoms with Gasteiger partial charge in [-0.25, -0.2) is 4.68 Å². The summed E-state index contributed by atoms with van der Waals surface area (Å²) in [5.41, 5.74) is 2.29. The number of hydrogen-bond acceptors (Lipinski definition) is 5. The van der Waals surface area contributed by atoms with Crippen molar-refractivity contribution in [2.24, 2.45) is 0 Å². The van der Waals surface area contributed by atoms with Crippen molar-refractivity contribution in [3.05, 3.63) is 75.7 Å². The highest BCUT2D eigenvalue weighted by Crippen LogP contribution is 2.40. The number of nitrogens with one attached hydrogen (secondary N) is 2. The van der Waals surface area contributed by atoms with Crippen LogP contribution in [-0.4, -0.2) is 27.8 Å². The van der Waals surface area contributed by atoms with Crippen LogP contribution in [0.3, 0.4) is 0 Å². The van der Waals surface area contributed by atoms with Crippen LogP contribution in [-0.2, 0) is 4.79 Å². The minimum atomic E-state index is -0.602. The van der Waals surface area contributed by atoms with Crippen LogP contribution in [0, 0.1) is 0 Å². The summed E-state index contributed by atoms with van der Waals surface area (Å²) in [5, 5.41) is 11.1. The van der Waals surface area contributed by atoms with Crippen molar-refractivity contribution in [1.82, 2.24) is 14.8 Å². The van der Waals surface area contributed by atoms with Crippen molar-refractivity contribution in [1.29, 1.82) is 0 Å². The van der Waals surface area contributed by atoms with E-state index in [2.05, 4.69) is 20.7 Å². The first-order valence-electron chi connectivity index (χ1n) is 8.76. The first kappa shape index (κ1) is 19.3. The van der Waals surface area contributed by atoms with Crippen molar-refractivity contribution in [2.45, 2.75) is 13.0 Å². The zero-order valence-corrected chi connectivity index (χ0v) is 17.1. The van der Waals surface area contributed by atoms with Crippen LogP contribution in [0.2, 0.25) is 10.0 Å². The van der Waals surface area contributed by atoms with Gasteiger partial charge in [-0.1, -0.05) is 47.5 Å². The molecule has 2 N–H and O–H groups in total. The topological polar surface area (TPSA) is 81.1 Å². The van der Waals surface area contributed by atoms with E-state index in [0.717, 1.165) is 0 Å². The Morgan fingerprint density at radius 3 is 2.79 bits per heavy atom. The predicted octanol–water partition coefficient (Wildman–Crippen LogP) is 4.52. The van der Waals surface area contributed by atoms with Crippen molar-refractivity contribution < 1.29 is 9.53 Å². The highest BCUT2D eigenvalue weighted by molar-refractivity contribution is 6.42. The molecule has 1 aliphatic heterocycles. The van der Waals surface area contributed by atoms with Gasteiger partial charge in [-0.15, -0.1) is 0 Å². The maximum atomic E-state index is 13.4. The third-order valence-corrected chi connectivity index (χ3v) is 5.50. The van der Waals surface area contributed by atoms with Crippen LogP contribution in [0.25, 0.3) is 0 Å². The molecule has 0 radical (unpaired) electrons. The largest absolute Gasteiger partial charge is 0.495 e. The van der Waals surface area contributed by atoms with Gasteiger partial charge in [0.25, 0.3) is 5.91 Å². The van der Waals surface area contributed by atoms with Crippen molar-refractivity contribution in [2.75, 3.05) is 17.7 Å². The first-order chi connectivity index (χ1) is 14.0. The summed E-state index contributed by atoms with van der Waals surface area (Å²) in [6, 6.07) is 11.9. The Labute approximate surface area is 177 Å². The van der Waals surface area contributed by atoms with E-state index in [1.54, 1.807) is 43.0 Å². The van der Waals surface area contributed by atoms with Gasteiger partial charge < -0.3 is 15.4 Å². The van der Waals surface area contributed by atoms with E-state index in [9.17, 15) is 4.79 Å². The number of allylic oxidation sites excluding steroid dienone is 1. The van der Waals surface area contributed by atoms with E-state index in [0.29, 0.717) is 44.3 Å². The Kier molecular flexibility index (Phi) is 5.17. The van der Waals surface area contributed by atoms with Crippen LogP contribution < -0.4 is 15.4 Å². The molecule has 0 saturated heterocycles. The standard InChI is InChI=1S/C20H17Cl2N5O2/c1-11-16(19(28)26-14-8-3-4-9-15(14)29-2)18(27-20(25-11)23-10-24-27)12-6-5-7-13(21)17(12)22/h3-10,18H,1-2H3,(H,26,28)(H,23,24,25). The molecule has 9 heteroatoms. The summed E-state index contributed by atoms with van der Waals surface area (Å²) in [6.45, 7) is 1.81. The minimum Gasteiger partial charge on any atom is -0.495 e. The molecule has 7 nitrogen and oxygen atoms in total. The van der Waals surface area contributed by atoms with Gasteiger partial charge in [0.05, 0.1) is 28.4 Å². The molecular formula is C20H17Cl2N5O2. The van der Waals surface area contributed by atoms with E-state index in [1.807, 2.05) is 18.2 Å². The SMILES string of the molecule is COc1ccccc1NC(=O)C1=C(C)Nc2ncnn2C1c1cccc(Cl)c1Cl. The van der Waals surface area contributed by atoms with Crippen molar-refractivity contribution >= 4 is 40.7 Å². The van der Waals surface area contributed by atoms with Crippen LogP contribution in [0.15, 0.2) is 60.1 Å². The Balaban J connectivity index is 1.81. The third-order valence-electron chi connectivity index (χ3n) is 4.67. The van der Waals surface area contributed by atoms with Gasteiger partial charge in [0.2, 0.25) is 5.95 Å². The minimum absolute atomic E-state index is 0.318. The number of para-hydroxylation sites is 2. The molecule has 2 heterocycles. The average Bonchev–Trinajstić information content (AvgIpc) is 3.17. The molecule has 1 aromatic heterocycles. The Morgan fingerprint density at radius 2 is 2.00 bits per heavy atom. The second-order valence-electron chi connectivity index (χ2n) is 6.39. The molecule has 0 saturated carbocycles. The summed E-state index contributed by atoms with van der Waals surface area (Å²) in [7, 11) is 1.55. The number of carbonyl (C=O) groups is 1. The zero-order chi connectivity index (χ0) is 20.5. The average molecular weight is 430 g/mol. The number of methoxy groups -OCH3 is 1. The van der Waals surface area contributed by atoms with Gasteiger partial charge in [0.1, 0.15) is 18.1 Å². The summed E-state index contributed by atoms with van der Waals surface area (Å²) in [5.74, 6) is 0.751. The monoisotopic (exact) mass is 429 g/mol. The molecule has 29 heavy (non-hydrogen) atoms. The van der Waals surface area contributed by atoms with Crippen molar-refractivity contribution in [3.8, 4) is 5.75 Å². The molecule has 0 spiro atoms. The maximum absolute atomic E-state index is 13.4. The van der Waals surface area contributed by atoms with Crippen LogP contribution >= 0.6 is 23.2 Å². The molecule has 4 rings (SSSR count). The van der Waals surface area contributed by atoms with E-state index < -0.39 is 6.04 Å². The van der Waals surface area contributed by atoms with Gasteiger partial charge in [-0.05, 0) is 25.1 Å². The van der Waals surface area contributed by atoms with E-state index in [4.69, 9.17) is 27.9 Å². The van der Waals surface area contributed by atoms with Crippen molar-refractivity contribution in [3.63, 3.8) is 0 Å². The van der Waals surface area contributed by atoms with E-state index in [-0.39, 0.29) is 5.91 Å². The van der Waals surface area contributed by atoms with Gasteiger partial charge in [-0.3, -0.25) is 4.79 Å². The molecule has 1 amide bonds. The zero-order valence-electron chi connectivity index (χ0n) is 15.6. The lowest BCUT2D eigenvalue weighted by atomic mass is 9.95. The highest BCUT2D eigenvalue weighted by atomic mass is 35.5. The number of nitrogens with zero attached hydrogens (tertiary/aromatic N) is 3. The number of ether oxygens (including phenoxy) is 1. The molecule has 1 unspecified atom stereocenters. The summed E-state index contributed by atoms with van der Waals surface area (Å²) in [4.78, 5) is 17.6. The number of benzene rings is 2. The molecule has 148 valence electrons. The number of hydrogen-bond donors (Lipinski definition) is 2. The lowest BCUT2D eigenvalue weighted by molar-refractivity contribution is -0.113. The number of amides is 1. The fraction of sp³-hybridized carbons (Fsp3) is 0.150. The first-order valence-corrected chi connectivity index (χ1v) is 9.52. The lowest BCUT2D eigenvalue weighted by Crippen LogP contribution is -2.31. The fourth-order valence-electron chi connectivity index (χ4n) is 3.34. The molecule has 0 bridgehead atoms. The van der Waals surface area contributed by atoms with Crippen LogP contribution in [0.4, 0.5) is 11.6 Å². The van der Waals surface area contributed by atoms with Crippen LogP contribution in [0.5, 0.6) is 5.75 Å². The number of aromatic nitrogens is 3. The lowest BCUT2D eigenvalue weighted by Gasteiger charge is -2.29. The summed E-state index contributed by atoms with van der Waals surface area (Å²) in [6.07, 6.45) is 1.42. The second kappa shape index (κ2) is 7.77. The molecule has 0 aliphatic carbocycles. The highest BCUT2D eigenvalue weighted by Gasteiger charge is 2.35. The van der Waals surface area contributed by atoms with Gasteiger partial charge in [0, 0.05) is 11.3 Å². The Morgan fingerprint density at radius 1 is 1.21 bits per heavy atom. The number of carbonyl (C=O) groups excluding carboxylic acids is 1. The van der Waals surface area contributed by atoms with Gasteiger partial charge >= 0.3 is 0 Å². The summed E-state index contributed by atoms with van der Waals surface area (Å²) < 4.78 is 6.95. The molecule has 1 aliphatic rings. The predicted molar refractivity (Wildman–Crippen MR) is 113 cm³/mol. The normalized spacial score (nSPS) is 15.5. The van der Waals surface area contributed by atoms with Gasteiger partial charge in [-0.2, -0.15) is 10.1 Å². The second-order valence-corrected chi connectivity index (χ2v) is 7.18. The summed E-state index contributed by atoms with van der Waals surface area (Å²) >= 11 is 12.7. The number of anilines is 2. The quantitative estimate of drug-likeness (QED) is 0.636. The number of halogens is 2. The van der Waals surface area contributed by atoms with Gasteiger partial charge in [0.15, 0.2) is 0 Å². The molecule has 1 atom stereocenters. The molecule has 2 aromatic carbocycles. The number of rotatable bonds is 4. The molecule has 3 aromatic rings.